The van der Waals surface area contributed by atoms with E-state index in [9.17, 15) is 18.3 Å². The quantitative estimate of drug-likeness (QED) is 0.171. The monoisotopic (exact) mass is 654 g/mol. The summed E-state index contributed by atoms with van der Waals surface area (Å²) in [6.07, 6.45) is 6.30. The van der Waals surface area contributed by atoms with Crippen molar-refractivity contribution in [1.82, 2.24) is 29.1 Å². The van der Waals surface area contributed by atoms with Crippen LogP contribution < -0.4 is 15.6 Å². The minimum atomic E-state index is -3.62. The van der Waals surface area contributed by atoms with Crippen molar-refractivity contribution in [3.05, 3.63) is 95.1 Å². The second-order valence-electron chi connectivity index (χ2n) is 11.8. The molecule has 14 heteroatoms. The average Bonchev–Trinajstić information content (AvgIpc) is 3.65. The Labute approximate surface area is 270 Å². The van der Waals surface area contributed by atoms with Crippen LogP contribution in [-0.2, 0) is 14.8 Å². The van der Waals surface area contributed by atoms with Gasteiger partial charge in [0.25, 0.3) is 5.56 Å². The topological polar surface area (TPSA) is 169 Å². The summed E-state index contributed by atoms with van der Waals surface area (Å²) < 4.78 is 36.8. The van der Waals surface area contributed by atoms with Gasteiger partial charge < -0.3 is 20.1 Å². The fourth-order valence-electron chi connectivity index (χ4n) is 6.16. The molecular formula is C33H34N8O5S. The molecule has 4 N–H and O–H groups in total. The molecule has 4 aromatic heterocycles. The van der Waals surface area contributed by atoms with Crippen LogP contribution in [0.15, 0.2) is 78.1 Å². The zero-order chi connectivity index (χ0) is 32.7. The molecule has 0 spiro atoms. The molecular weight excluding hydrogens is 620 g/mol. The van der Waals surface area contributed by atoms with Gasteiger partial charge in [-0.05, 0) is 68.5 Å². The van der Waals surface area contributed by atoms with Gasteiger partial charge in [-0.25, -0.2) is 22.9 Å². The number of H-pyrrole nitrogens is 1. The molecule has 0 aliphatic carbocycles. The van der Waals surface area contributed by atoms with Crippen LogP contribution in [0.2, 0.25) is 0 Å². The lowest BCUT2D eigenvalue weighted by molar-refractivity contribution is 0.0724. The second-order valence-corrected chi connectivity index (χ2v) is 13.6. The molecule has 0 amide bonds. The summed E-state index contributed by atoms with van der Waals surface area (Å²) >= 11 is 0. The van der Waals surface area contributed by atoms with E-state index in [0.717, 1.165) is 5.56 Å². The first-order valence-corrected chi connectivity index (χ1v) is 17.0. The first-order valence-electron chi connectivity index (χ1n) is 15.3. The summed E-state index contributed by atoms with van der Waals surface area (Å²) in [5, 5.41) is 20.0. The van der Waals surface area contributed by atoms with E-state index < -0.39 is 16.1 Å². The Hall–Kier alpha value is -5.21. The normalized spacial score (nSPS) is 14.9. The van der Waals surface area contributed by atoms with Crippen LogP contribution in [-0.4, -0.2) is 61.6 Å². The molecule has 1 atom stereocenters. The number of aryl methyl sites for hydroxylation is 1. The maximum atomic E-state index is 13.8. The lowest BCUT2D eigenvalue weighted by Gasteiger charge is -2.22. The molecule has 2 aromatic carbocycles. The third-order valence-electron chi connectivity index (χ3n) is 8.50. The summed E-state index contributed by atoms with van der Waals surface area (Å²) in [5.74, 6) is 0.828. The molecule has 1 fully saturated rings. The van der Waals surface area contributed by atoms with E-state index in [1.807, 2.05) is 50.2 Å². The Balaban J connectivity index is 1.22. The Morgan fingerprint density at radius 1 is 1.09 bits per heavy atom. The van der Waals surface area contributed by atoms with Gasteiger partial charge >= 0.3 is 0 Å². The van der Waals surface area contributed by atoms with Crippen molar-refractivity contribution < 1.29 is 18.3 Å². The lowest BCUT2D eigenvalue weighted by Crippen LogP contribution is -2.29. The predicted molar refractivity (Wildman–Crippen MR) is 180 cm³/mol. The van der Waals surface area contributed by atoms with E-state index in [1.54, 1.807) is 33.6 Å². The highest BCUT2D eigenvalue weighted by Gasteiger charge is 2.24. The van der Waals surface area contributed by atoms with Crippen LogP contribution in [0.5, 0.6) is 5.75 Å². The van der Waals surface area contributed by atoms with Crippen LogP contribution in [0.4, 0.5) is 11.5 Å². The minimum Gasteiger partial charge on any atom is -0.507 e. The highest BCUT2D eigenvalue weighted by Crippen LogP contribution is 2.39. The van der Waals surface area contributed by atoms with Crippen molar-refractivity contribution in [3.63, 3.8) is 0 Å². The van der Waals surface area contributed by atoms with Gasteiger partial charge in [-0.1, -0.05) is 18.2 Å². The predicted octanol–water partition coefficient (Wildman–Crippen LogP) is 4.78. The summed E-state index contributed by atoms with van der Waals surface area (Å²) in [4.78, 5) is 25.9. The third kappa shape index (κ3) is 5.92. The number of aromatic amines is 1. The van der Waals surface area contributed by atoms with Gasteiger partial charge in [0.05, 0.1) is 28.6 Å². The number of benzene rings is 2. The third-order valence-corrected chi connectivity index (χ3v) is 9.95. The van der Waals surface area contributed by atoms with Crippen LogP contribution in [0.3, 0.4) is 0 Å². The zero-order valence-electron chi connectivity index (χ0n) is 25.8. The van der Waals surface area contributed by atoms with E-state index in [0.29, 0.717) is 71.1 Å². The van der Waals surface area contributed by atoms with E-state index in [2.05, 4.69) is 25.0 Å². The highest BCUT2D eigenvalue weighted by atomic mass is 32.2. The number of fused-ring (bicyclic) bond motifs is 2. The largest absolute Gasteiger partial charge is 0.507 e. The smallest absolute Gasteiger partial charge is 0.282 e. The van der Waals surface area contributed by atoms with Crippen molar-refractivity contribution in [2.75, 3.05) is 29.0 Å². The average molecular weight is 655 g/mol. The standard InChI is InChI=1S/C33H34N8O5S/c1-20-10-13-40-29(20)33(43)41(24-6-4-3-5-7-24)32(38-40)21(2)37-31-28-26(17-34-30(28)35-19-36-31)25-9-8-23(16-27(25)42)39-47(44,45)18-22-11-14-46-15-12-22/h3-10,13,16-17,19,21-22,39,42H,11-12,14-15,18H2,1-2H3,(H2,34,35,36,37). The van der Waals surface area contributed by atoms with Gasteiger partial charge in [0, 0.05) is 42.8 Å². The number of aromatic hydroxyl groups is 1. The van der Waals surface area contributed by atoms with Gasteiger partial charge in [0.2, 0.25) is 10.0 Å². The van der Waals surface area contributed by atoms with Crippen LogP contribution in [0.1, 0.15) is 37.2 Å². The number of phenolic OH excluding ortho intramolecular Hbond substituents is 1. The SMILES string of the molecule is Cc1ccn2nc(C(C)Nc3ncnc4[nH]cc(-c5ccc(NS(=O)(=O)CC6CCOCC6)cc5O)c34)n(-c3ccccc3)c(=O)c12. The number of aromatic nitrogens is 6. The van der Waals surface area contributed by atoms with E-state index in [4.69, 9.17) is 9.84 Å². The zero-order valence-corrected chi connectivity index (χ0v) is 26.7. The van der Waals surface area contributed by atoms with E-state index in [1.165, 1.54) is 12.4 Å². The van der Waals surface area contributed by atoms with Crippen molar-refractivity contribution in [2.45, 2.75) is 32.7 Å². The first kappa shape index (κ1) is 30.4. The minimum absolute atomic E-state index is 0.00425. The van der Waals surface area contributed by atoms with Crippen molar-refractivity contribution in [2.24, 2.45) is 5.92 Å². The number of nitrogens with zero attached hydrogens (tertiary/aromatic N) is 5. The van der Waals surface area contributed by atoms with Gasteiger partial charge in [-0.2, -0.15) is 5.10 Å². The van der Waals surface area contributed by atoms with Crippen molar-refractivity contribution in [3.8, 4) is 22.6 Å². The number of para-hydroxylation sites is 1. The number of anilines is 2. The van der Waals surface area contributed by atoms with Crippen LogP contribution in [0.25, 0.3) is 33.4 Å². The molecule has 242 valence electrons. The number of sulfonamides is 1. The Bertz CT molecular complexity index is 2260. The summed E-state index contributed by atoms with van der Waals surface area (Å²) in [6.45, 7) is 4.89. The molecule has 0 radical (unpaired) electrons. The number of hydrogen-bond acceptors (Lipinski definition) is 9. The molecule has 5 heterocycles. The molecule has 1 unspecified atom stereocenters. The molecule has 47 heavy (non-hydrogen) atoms. The van der Waals surface area contributed by atoms with E-state index in [-0.39, 0.29) is 28.7 Å². The Morgan fingerprint density at radius 3 is 2.64 bits per heavy atom. The fraction of sp³-hybridized carbons (Fsp3) is 0.273. The molecule has 0 saturated carbocycles. The van der Waals surface area contributed by atoms with Crippen LogP contribution in [0, 0.1) is 12.8 Å². The van der Waals surface area contributed by atoms with Gasteiger partial charge in [0.1, 0.15) is 29.1 Å². The number of nitrogens with one attached hydrogen (secondary N) is 3. The van der Waals surface area contributed by atoms with Crippen LogP contribution >= 0.6 is 0 Å². The molecule has 1 saturated heterocycles. The molecule has 1 aliphatic heterocycles. The molecule has 1 aliphatic rings. The number of hydrogen-bond donors (Lipinski definition) is 4. The maximum absolute atomic E-state index is 13.8. The number of ether oxygens (including phenoxy) is 1. The molecule has 6 aromatic rings. The summed E-state index contributed by atoms with van der Waals surface area (Å²) in [7, 11) is -3.62. The summed E-state index contributed by atoms with van der Waals surface area (Å²) in [5.41, 5.74) is 3.66. The molecule has 0 bridgehead atoms. The number of phenols is 1. The van der Waals surface area contributed by atoms with Crippen molar-refractivity contribution in [1.29, 1.82) is 0 Å². The second kappa shape index (κ2) is 12.2. The van der Waals surface area contributed by atoms with Gasteiger partial charge in [-0.15, -0.1) is 0 Å². The Kier molecular flexibility index (Phi) is 7.90. The lowest BCUT2D eigenvalue weighted by atomic mass is 10.0. The molecule has 13 nitrogen and oxygen atoms in total. The van der Waals surface area contributed by atoms with Gasteiger partial charge in [-0.3, -0.25) is 14.1 Å². The van der Waals surface area contributed by atoms with Crippen molar-refractivity contribution >= 4 is 38.1 Å². The van der Waals surface area contributed by atoms with E-state index >= 15 is 0 Å². The van der Waals surface area contributed by atoms with Gasteiger partial charge in [0.15, 0.2) is 5.82 Å². The number of rotatable bonds is 9. The molecule has 7 rings (SSSR count). The summed E-state index contributed by atoms with van der Waals surface area (Å²) in [6, 6.07) is 15.4. The fourth-order valence-corrected chi connectivity index (χ4v) is 7.68. The maximum Gasteiger partial charge on any atom is 0.282 e. The Morgan fingerprint density at radius 2 is 1.87 bits per heavy atom. The first-order chi connectivity index (χ1) is 22.7. The highest BCUT2D eigenvalue weighted by molar-refractivity contribution is 7.92.